The lowest BCUT2D eigenvalue weighted by Gasteiger charge is -2.37. The number of anilines is 1. The summed E-state index contributed by atoms with van der Waals surface area (Å²) in [6, 6.07) is 0. The Morgan fingerprint density at radius 1 is 1.00 bits per heavy atom. The van der Waals surface area contributed by atoms with Crippen molar-refractivity contribution in [2.75, 3.05) is 64.0 Å². The molecule has 1 aromatic heterocycles. The molecule has 1 N–H and O–H groups in total. The number of morpholine rings is 1. The van der Waals surface area contributed by atoms with Crippen LogP contribution in [0, 0.1) is 0 Å². The number of ether oxygens (including phenoxy) is 2. The van der Waals surface area contributed by atoms with Crippen LogP contribution in [-0.4, -0.2) is 98.3 Å². The van der Waals surface area contributed by atoms with Crippen molar-refractivity contribution in [2.24, 2.45) is 0 Å². The Kier molecular flexibility index (Phi) is 7.30. The van der Waals surface area contributed by atoms with E-state index in [4.69, 9.17) is 14.3 Å². The molecule has 0 aliphatic carbocycles. The second kappa shape index (κ2) is 10.1. The molecule has 172 valence electrons. The number of carbonyl (C=O) groups excluding carboxylic acids is 1. The molecule has 1 amide bonds. The second-order valence-electron chi connectivity index (χ2n) is 7.52. The van der Waals surface area contributed by atoms with Crippen LogP contribution in [0.5, 0.6) is 0 Å². The lowest BCUT2D eigenvalue weighted by molar-refractivity contribution is -0.186. The molecule has 1 aromatic rings. The topological polar surface area (TPSA) is 126 Å². The summed E-state index contributed by atoms with van der Waals surface area (Å²) >= 11 is 0. The second-order valence-corrected chi connectivity index (χ2v) is 9.45. The third-order valence-electron chi connectivity index (χ3n) is 5.47. The number of hydrogen-bond donors (Lipinski definition) is 1. The molecular formula is C18H28N6O6S. The first-order valence-corrected chi connectivity index (χ1v) is 11.9. The van der Waals surface area contributed by atoms with Crippen molar-refractivity contribution >= 4 is 22.1 Å². The Bertz CT molecular complexity index is 834. The summed E-state index contributed by atoms with van der Waals surface area (Å²) in [5, 5.41) is 0. The molecule has 0 spiro atoms. The van der Waals surface area contributed by atoms with Gasteiger partial charge in [0.05, 0.1) is 18.8 Å². The summed E-state index contributed by atoms with van der Waals surface area (Å²) < 4.78 is 39.1. The van der Waals surface area contributed by atoms with Crippen molar-refractivity contribution in [3.05, 3.63) is 18.0 Å². The van der Waals surface area contributed by atoms with Crippen molar-refractivity contribution in [1.29, 1.82) is 0 Å². The Hall–Kier alpha value is -1.90. The van der Waals surface area contributed by atoms with Gasteiger partial charge in [0, 0.05) is 64.7 Å². The molecule has 4 heterocycles. The summed E-state index contributed by atoms with van der Waals surface area (Å²) in [6.07, 6.45) is 5.17. The lowest BCUT2D eigenvalue weighted by Crippen LogP contribution is -2.55. The van der Waals surface area contributed by atoms with Gasteiger partial charge in [0.15, 0.2) is 6.29 Å². The van der Waals surface area contributed by atoms with Gasteiger partial charge in [0.1, 0.15) is 0 Å². The fraction of sp³-hybridized carbons (Fsp3) is 0.722. The standard InChI is InChI=1S/C18H28N6O6S/c25-17(21-30-16-3-1-2-10-29-16)15-13-19-18(20-14-15)22-4-6-23(7-5-22)31(26,27)24-8-11-28-12-9-24/h13-14,16H,1-12H2,(H,21,25). The van der Waals surface area contributed by atoms with Crippen LogP contribution in [0.25, 0.3) is 0 Å². The van der Waals surface area contributed by atoms with Gasteiger partial charge in [-0.3, -0.25) is 4.79 Å². The molecule has 13 heteroatoms. The molecule has 3 aliphatic rings. The number of piperazine rings is 1. The van der Waals surface area contributed by atoms with Gasteiger partial charge in [-0.25, -0.2) is 20.3 Å². The van der Waals surface area contributed by atoms with Gasteiger partial charge in [-0.05, 0) is 12.8 Å². The van der Waals surface area contributed by atoms with Crippen LogP contribution in [0.4, 0.5) is 5.95 Å². The Morgan fingerprint density at radius 2 is 1.68 bits per heavy atom. The van der Waals surface area contributed by atoms with E-state index in [1.54, 1.807) is 0 Å². The molecule has 0 radical (unpaired) electrons. The van der Waals surface area contributed by atoms with E-state index in [2.05, 4.69) is 15.4 Å². The maximum absolute atomic E-state index is 12.8. The Morgan fingerprint density at radius 3 is 2.32 bits per heavy atom. The highest BCUT2D eigenvalue weighted by molar-refractivity contribution is 7.86. The normalized spacial score (nSPS) is 24.1. The fourth-order valence-corrected chi connectivity index (χ4v) is 5.21. The molecule has 3 aliphatic heterocycles. The number of rotatable bonds is 6. The fourth-order valence-electron chi connectivity index (χ4n) is 3.64. The third kappa shape index (κ3) is 5.48. The summed E-state index contributed by atoms with van der Waals surface area (Å²) in [4.78, 5) is 27.9. The van der Waals surface area contributed by atoms with E-state index in [1.165, 1.54) is 21.0 Å². The van der Waals surface area contributed by atoms with Crippen molar-refractivity contribution in [3.63, 3.8) is 0 Å². The Balaban J connectivity index is 1.27. The molecule has 12 nitrogen and oxygen atoms in total. The number of amides is 1. The summed E-state index contributed by atoms with van der Waals surface area (Å²) in [7, 11) is -3.48. The number of hydroxylamine groups is 1. The highest BCUT2D eigenvalue weighted by Crippen LogP contribution is 2.17. The van der Waals surface area contributed by atoms with E-state index in [1.807, 2.05) is 4.90 Å². The maximum Gasteiger partial charge on any atom is 0.282 e. The smallest absolute Gasteiger partial charge is 0.282 e. The van der Waals surface area contributed by atoms with Gasteiger partial charge < -0.3 is 14.4 Å². The zero-order chi connectivity index (χ0) is 21.7. The van der Waals surface area contributed by atoms with Crippen molar-refractivity contribution in [3.8, 4) is 0 Å². The molecule has 1 atom stereocenters. The summed E-state index contributed by atoms with van der Waals surface area (Å²) in [6.45, 7) is 3.86. The first kappa shape index (κ1) is 22.3. The minimum Gasteiger partial charge on any atom is -0.379 e. The maximum atomic E-state index is 12.8. The number of nitrogens with one attached hydrogen (secondary N) is 1. The van der Waals surface area contributed by atoms with Gasteiger partial charge in [0.25, 0.3) is 16.1 Å². The summed E-state index contributed by atoms with van der Waals surface area (Å²) in [5.41, 5.74) is 2.65. The molecule has 3 saturated heterocycles. The average Bonchev–Trinajstić information content (AvgIpc) is 2.84. The number of nitrogens with zero attached hydrogens (tertiary/aromatic N) is 5. The van der Waals surface area contributed by atoms with Crippen molar-refractivity contribution < 1.29 is 27.5 Å². The largest absolute Gasteiger partial charge is 0.379 e. The predicted molar refractivity (Wildman–Crippen MR) is 109 cm³/mol. The van der Waals surface area contributed by atoms with Gasteiger partial charge in [0.2, 0.25) is 5.95 Å². The predicted octanol–water partition coefficient (Wildman–Crippen LogP) is -0.636. The van der Waals surface area contributed by atoms with Crippen LogP contribution in [0.1, 0.15) is 29.6 Å². The molecule has 0 aromatic carbocycles. The van der Waals surface area contributed by atoms with E-state index in [0.29, 0.717) is 65.0 Å². The van der Waals surface area contributed by atoms with Crippen LogP contribution in [0.3, 0.4) is 0 Å². The molecule has 1 unspecified atom stereocenters. The molecular weight excluding hydrogens is 428 g/mol. The van der Waals surface area contributed by atoms with Gasteiger partial charge in [-0.1, -0.05) is 0 Å². The van der Waals surface area contributed by atoms with Crippen LogP contribution < -0.4 is 10.4 Å². The van der Waals surface area contributed by atoms with Crippen LogP contribution in [-0.2, 0) is 24.5 Å². The number of carbonyl (C=O) groups is 1. The molecule has 0 saturated carbocycles. The minimum atomic E-state index is -3.48. The first-order chi connectivity index (χ1) is 15.0. The number of hydrogen-bond acceptors (Lipinski definition) is 9. The minimum absolute atomic E-state index is 0.271. The molecule has 0 bridgehead atoms. The highest BCUT2D eigenvalue weighted by atomic mass is 32.2. The first-order valence-electron chi connectivity index (χ1n) is 10.5. The third-order valence-corrected chi connectivity index (χ3v) is 7.50. The quantitative estimate of drug-likeness (QED) is 0.556. The van der Waals surface area contributed by atoms with Crippen molar-refractivity contribution in [1.82, 2.24) is 24.1 Å². The van der Waals surface area contributed by atoms with Crippen LogP contribution in [0.15, 0.2) is 12.4 Å². The van der Waals surface area contributed by atoms with Crippen LogP contribution in [0.2, 0.25) is 0 Å². The Labute approximate surface area is 181 Å². The zero-order valence-corrected chi connectivity index (χ0v) is 18.1. The van der Waals surface area contributed by atoms with E-state index in [9.17, 15) is 13.2 Å². The molecule has 4 rings (SSSR count). The highest BCUT2D eigenvalue weighted by Gasteiger charge is 2.33. The zero-order valence-electron chi connectivity index (χ0n) is 17.3. The molecule has 31 heavy (non-hydrogen) atoms. The number of aromatic nitrogens is 2. The molecule has 3 fully saturated rings. The van der Waals surface area contributed by atoms with Gasteiger partial charge >= 0.3 is 0 Å². The SMILES string of the molecule is O=C(NOC1CCCCO1)c1cnc(N2CCN(S(=O)(=O)N3CCOCC3)CC2)nc1. The van der Waals surface area contributed by atoms with Crippen LogP contribution >= 0.6 is 0 Å². The van der Waals surface area contributed by atoms with E-state index >= 15 is 0 Å². The van der Waals surface area contributed by atoms with Gasteiger partial charge in [-0.2, -0.15) is 17.0 Å². The summed E-state index contributed by atoms with van der Waals surface area (Å²) in [5.74, 6) is 0.0126. The van der Waals surface area contributed by atoms with Crippen molar-refractivity contribution in [2.45, 2.75) is 25.6 Å². The van der Waals surface area contributed by atoms with E-state index < -0.39 is 22.4 Å². The van der Waals surface area contributed by atoms with Gasteiger partial charge in [-0.15, -0.1) is 0 Å². The lowest BCUT2D eigenvalue weighted by atomic mass is 10.2. The van der Waals surface area contributed by atoms with E-state index in [-0.39, 0.29) is 5.56 Å². The average molecular weight is 457 g/mol. The van der Waals surface area contributed by atoms with E-state index in [0.717, 1.165) is 19.3 Å². The monoisotopic (exact) mass is 456 g/mol.